The van der Waals surface area contributed by atoms with E-state index in [2.05, 4.69) is 18.1 Å². The summed E-state index contributed by atoms with van der Waals surface area (Å²) in [7, 11) is 0. The molecule has 3 aliphatic rings. The van der Waals surface area contributed by atoms with Crippen LogP contribution < -0.4 is 0 Å². The van der Waals surface area contributed by atoms with Crippen LogP contribution in [0.3, 0.4) is 0 Å². The third-order valence-corrected chi connectivity index (χ3v) is 6.99. The van der Waals surface area contributed by atoms with Crippen LogP contribution >= 0.6 is 0 Å². The Hall–Kier alpha value is -2.46. The fourth-order valence-corrected chi connectivity index (χ4v) is 5.32. The minimum absolute atomic E-state index is 0.0103. The molecule has 0 spiro atoms. The lowest BCUT2D eigenvalue weighted by Gasteiger charge is -2.20. The summed E-state index contributed by atoms with van der Waals surface area (Å²) in [6.07, 6.45) is 14.9. The Morgan fingerprint density at radius 1 is 1.00 bits per heavy atom. The van der Waals surface area contributed by atoms with Crippen LogP contribution in [0.5, 0.6) is 0 Å². The molecule has 1 N–H and O–H groups in total. The number of aliphatic hydroxyl groups excluding tert-OH is 1. The Kier molecular flexibility index (Phi) is 8.63. The van der Waals surface area contributed by atoms with Crippen LogP contribution in [0, 0.1) is 36.0 Å². The molecule has 3 rings (SSSR count). The number of Topliss-reactive ketones (excluding diaryl/α,β-unsaturated/α-hetero) is 1. The van der Waals surface area contributed by atoms with E-state index in [1.807, 2.05) is 0 Å². The summed E-state index contributed by atoms with van der Waals surface area (Å²) in [5.41, 5.74) is 0. The van der Waals surface area contributed by atoms with E-state index in [-0.39, 0.29) is 73.2 Å². The second kappa shape index (κ2) is 11.4. The Bertz CT molecular complexity index is 769. The number of unbranched alkanes of at least 4 members (excludes halogenated alkanes) is 3. The van der Waals surface area contributed by atoms with E-state index < -0.39 is 0 Å². The van der Waals surface area contributed by atoms with Gasteiger partial charge in [-0.1, -0.05) is 30.9 Å². The topological polar surface area (TPSA) is 95.0 Å². The summed E-state index contributed by atoms with van der Waals surface area (Å²) in [4.78, 5) is 52.5. The number of allylic oxidation sites excluding steroid dienone is 2. The quantitative estimate of drug-likeness (QED) is 0.192. The average Bonchev–Trinajstić information content (AvgIpc) is 3.47. The first-order valence-electron chi connectivity index (χ1n) is 11.8. The fourth-order valence-electron chi connectivity index (χ4n) is 5.32. The van der Waals surface area contributed by atoms with Crippen molar-refractivity contribution < 1.29 is 24.3 Å². The zero-order chi connectivity index (χ0) is 23.1. The maximum Gasteiger partial charge on any atom is 0.233 e. The molecule has 0 aromatic carbocycles. The molecule has 0 unspecified atom stereocenters. The van der Waals surface area contributed by atoms with Crippen LogP contribution in [0.1, 0.15) is 57.8 Å². The van der Waals surface area contributed by atoms with E-state index in [1.54, 1.807) is 4.90 Å². The SMILES string of the molecule is C#CCN(CCCCCCN1C(=O)[C@@H]2[C@H](C1=O)[C@H]1C=C[C@@H]2C1)C(=O)CCC(=O)CCCO. The number of hydrogen-bond donors (Lipinski definition) is 1. The first-order chi connectivity index (χ1) is 15.5. The molecule has 0 aromatic rings. The van der Waals surface area contributed by atoms with Gasteiger partial charge in [-0.2, -0.15) is 0 Å². The third kappa shape index (κ3) is 5.47. The summed E-state index contributed by atoms with van der Waals surface area (Å²) in [5.74, 6) is 2.61. The van der Waals surface area contributed by atoms with E-state index in [4.69, 9.17) is 11.5 Å². The van der Waals surface area contributed by atoms with Crippen molar-refractivity contribution in [2.75, 3.05) is 26.2 Å². The molecule has 1 saturated carbocycles. The molecule has 2 fully saturated rings. The lowest BCUT2D eigenvalue weighted by Crippen LogP contribution is -2.34. The highest BCUT2D eigenvalue weighted by atomic mass is 16.3. The third-order valence-electron chi connectivity index (χ3n) is 6.99. The number of fused-ring (bicyclic) bond motifs is 5. The molecule has 4 atom stereocenters. The molecule has 1 saturated heterocycles. The van der Waals surface area contributed by atoms with E-state index in [1.165, 1.54) is 4.90 Å². The standard InChI is InChI=1S/C25H34N2O5/c1-2-13-26(21(30)12-11-20(29)8-7-16-28)14-5-3-4-6-15-27-24(31)22-18-9-10-19(17-18)23(22)25(27)32/h1,9-10,18-19,22-23,28H,3-8,11-17H2/t18-,19+,22+,23-. The van der Waals surface area contributed by atoms with Gasteiger partial charge in [0.1, 0.15) is 5.78 Å². The van der Waals surface area contributed by atoms with E-state index in [9.17, 15) is 19.2 Å². The van der Waals surface area contributed by atoms with E-state index in [0.717, 1.165) is 32.1 Å². The summed E-state index contributed by atoms with van der Waals surface area (Å²) < 4.78 is 0. The molecule has 1 aliphatic heterocycles. The summed E-state index contributed by atoms with van der Waals surface area (Å²) in [6.45, 7) is 1.21. The van der Waals surface area contributed by atoms with Crippen molar-refractivity contribution in [3.05, 3.63) is 12.2 Å². The number of aliphatic hydroxyl groups is 1. The Morgan fingerprint density at radius 2 is 1.66 bits per heavy atom. The van der Waals surface area contributed by atoms with Crippen LogP contribution in [0.4, 0.5) is 0 Å². The van der Waals surface area contributed by atoms with Crippen molar-refractivity contribution in [1.29, 1.82) is 0 Å². The number of amides is 3. The smallest absolute Gasteiger partial charge is 0.233 e. The maximum atomic E-state index is 12.7. The van der Waals surface area contributed by atoms with Gasteiger partial charge in [-0.15, -0.1) is 6.42 Å². The minimum atomic E-state index is -0.128. The highest BCUT2D eigenvalue weighted by Gasteiger charge is 2.58. The summed E-state index contributed by atoms with van der Waals surface area (Å²) in [6, 6.07) is 0. The summed E-state index contributed by atoms with van der Waals surface area (Å²) in [5, 5.41) is 8.77. The first kappa shape index (κ1) is 24.2. The lowest BCUT2D eigenvalue weighted by atomic mass is 9.85. The monoisotopic (exact) mass is 442 g/mol. The first-order valence-corrected chi connectivity index (χ1v) is 11.8. The number of ketones is 1. The number of carbonyl (C=O) groups is 4. The number of nitrogens with zero attached hydrogens (tertiary/aromatic N) is 2. The van der Waals surface area contributed by atoms with Crippen molar-refractivity contribution in [2.24, 2.45) is 23.7 Å². The number of likely N-dealkylation sites (tertiary alicyclic amines) is 1. The summed E-state index contributed by atoms with van der Waals surface area (Å²) >= 11 is 0. The van der Waals surface area contributed by atoms with Gasteiger partial charge in [-0.25, -0.2) is 0 Å². The van der Waals surface area contributed by atoms with Crippen molar-refractivity contribution in [1.82, 2.24) is 9.80 Å². The predicted octanol–water partition coefficient (Wildman–Crippen LogP) is 1.94. The number of carbonyl (C=O) groups excluding carboxylic acids is 4. The molecule has 1 heterocycles. The van der Waals surface area contributed by atoms with Gasteiger partial charge in [-0.05, 0) is 37.5 Å². The number of hydrogen-bond acceptors (Lipinski definition) is 5. The molecule has 7 nitrogen and oxygen atoms in total. The zero-order valence-corrected chi connectivity index (χ0v) is 18.7. The van der Waals surface area contributed by atoms with Crippen molar-refractivity contribution >= 4 is 23.5 Å². The number of rotatable bonds is 14. The number of imide groups is 1. The molecule has 0 aromatic heterocycles. The molecule has 0 radical (unpaired) electrons. The van der Waals surface area contributed by atoms with Gasteiger partial charge in [0, 0.05) is 39.0 Å². The normalized spacial score (nSPS) is 25.3. The molecule has 2 bridgehead atoms. The van der Waals surface area contributed by atoms with Crippen LogP contribution in [0.2, 0.25) is 0 Å². The van der Waals surface area contributed by atoms with E-state index >= 15 is 0 Å². The highest BCUT2D eigenvalue weighted by Crippen LogP contribution is 2.52. The fraction of sp³-hybridized carbons (Fsp3) is 0.680. The van der Waals surface area contributed by atoms with Crippen molar-refractivity contribution in [3.8, 4) is 12.3 Å². The largest absolute Gasteiger partial charge is 0.396 e. The second-order valence-electron chi connectivity index (χ2n) is 9.13. The maximum absolute atomic E-state index is 12.7. The average molecular weight is 443 g/mol. The van der Waals surface area contributed by atoms with Crippen LogP contribution in [0.25, 0.3) is 0 Å². The minimum Gasteiger partial charge on any atom is -0.396 e. The van der Waals surface area contributed by atoms with E-state index in [0.29, 0.717) is 25.9 Å². The highest BCUT2D eigenvalue weighted by molar-refractivity contribution is 6.06. The molecule has 174 valence electrons. The van der Waals surface area contributed by atoms with Crippen LogP contribution in [-0.2, 0) is 19.2 Å². The van der Waals surface area contributed by atoms with Gasteiger partial charge in [0.05, 0.1) is 18.4 Å². The number of terminal acetylenes is 1. The van der Waals surface area contributed by atoms with Gasteiger partial charge in [0.2, 0.25) is 17.7 Å². The Labute approximate surface area is 190 Å². The van der Waals surface area contributed by atoms with Crippen molar-refractivity contribution in [3.63, 3.8) is 0 Å². The Balaban J connectivity index is 1.32. The molecule has 32 heavy (non-hydrogen) atoms. The van der Waals surface area contributed by atoms with Gasteiger partial charge < -0.3 is 10.0 Å². The van der Waals surface area contributed by atoms with Gasteiger partial charge >= 0.3 is 0 Å². The van der Waals surface area contributed by atoms with Gasteiger partial charge in [0.25, 0.3) is 0 Å². The lowest BCUT2D eigenvalue weighted by molar-refractivity contribution is -0.140. The van der Waals surface area contributed by atoms with Crippen LogP contribution in [-0.4, -0.2) is 64.7 Å². The van der Waals surface area contributed by atoms with Gasteiger partial charge in [0.15, 0.2) is 0 Å². The molecule has 3 amide bonds. The molecule has 2 aliphatic carbocycles. The predicted molar refractivity (Wildman–Crippen MR) is 119 cm³/mol. The molecular formula is C25H34N2O5. The zero-order valence-electron chi connectivity index (χ0n) is 18.7. The van der Waals surface area contributed by atoms with Crippen LogP contribution in [0.15, 0.2) is 12.2 Å². The van der Waals surface area contributed by atoms with Crippen molar-refractivity contribution in [2.45, 2.75) is 57.8 Å². The molecule has 7 heteroatoms. The second-order valence-corrected chi connectivity index (χ2v) is 9.13. The molecular weight excluding hydrogens is 408 g/mol. The Morgan fingerprint density at radius 3 is 2.28 bits per heavy atom. The van der Waals surface area contributed by atoms with Gasteiger partial charge in [-0.3, -0.25) is 24.1 Å².